The van der Waals surface area contributed by atoms with E-state index in [0.717, 1.165) is 18.8 Å². The van der Waals surface area contributed by atoms with E-state index in [1.165, 1.54) is 0 Å². The standard InChI is InChI=1S/C13H16N4O/c1-2-8-14-9-10-18-13-15-11-17(16-13)12-6-4-3-5-7-12/h2-7,11,14H,1,8-10H2. The second kappa shape index (κ2) is 6.56. The number of rotatable bonds is 7. The molecule has 0 saturated heterocycles. The van der Waals surface area contributed by atoms with E-state index in [4.69, 9.17) is 4.74 Å². The van der Waals surface area contributed by atoms with Crippen LogP contribution in [-0.4, -0.2) is 34.5 Å². The molecule has 2 rings (SSSR count). The molecular formula is C13H16N4O. The Bertz CT molecular complexity index is 481. The van der Waals surface area contributed by atoms with Gasteiger partial charge < -0.3 is 10.1 Å². The molecule has 0 radical (unpaired) electrons. The predicted octanol–water partition coefficient (Wildman–Crippen LogP) is 1.42. The SMILES string of the molecule is C=CCNCCOc1ncn(-c2ccccc2)n1. The van der Waals surface area contributed by atoms with Gasteiger partial charge in [-0.25, -0.2) is 4.68 Å². The molecule has 0 fully saturated rings. The molecule has 1 heterocycles. The Morgan fingerprint density at radius 2 is 2.17 bits per heavy atom. The molecule has 0 aliphatic rings. The summed E-state index contributed by atoms with van der Waals surface area (Å²) in [5.41, 5.74) is 0.963. The Morgan fingerprint density at radius 3 is 2.94 bits per heavy atom. The average Bonchev–Trinajstić information content (AvgIpc) is 2.88. The highest BCUT2D eigenvalue weighted by Crippen LogP contribution is 2.07. The van der Waals surface area contributed by atoms with Crippen molar-refractivity contribution in [1.82, 2.24) is 20.1 Å². The van der Waals surface area contributed by atoms with E-state index in [1.807, 2.05) is 36.4 Å². The van der Waals surface area contributed by atoms with Crippen LogP contribution in [-0.2, 0) is 0 Å². The van der Waals surface area contributed by atoms with Crippen LogP contribution in [0.4, 0.5) is 0 Å². The van der Waals surface area contributed by atoms with E-state index in [1.54, 1.807) is 11.0 Å². The largest absolute Gasteiger partial charge is 0.461 e. The normalized spacial score (nSPS) is 10.2. The van der Waals surface area contributed by atoms with Gasteiger partial charge in [0.25, 0.3) is 0 Å². The molecule has 1 aromatic heterocycles. The Morgan fingerprint density at radius 1 is 1.33 bits per heavy atom. The lowest BCUT2D eigenvalue weighted by Crippen LogP contribution is -2.21. The second-order valence-electron chi connectivity index (χ2n) is 3.65. The van der Waals surface area contributed by atoms with Crippen LogP contribution in [0.5, 0.6) is 6.01 Å². The Balaban J connectivity index is 1.85. The smallest absolute Gasteiger partial charge is 0.335 e. The van der Waals surface area contributed by atoms with E-state index < -0.39 is 0 Å². The lowest BCUT2D eigenvalue weighted by molar-refractivity contribution is 0.292. The molecule has 2 aromatic rings. The molecule has 0 bridgehead atoms. The number of aromatic nitrogens is 3. The fraction of sp³-hybridized carbons (Fsp3) is 0.231. The van der Waals surface area contributed by atoms with Crippen LogP contribution in [0.1, 0.15) is 0 Å². The van der Waals surface area contributed by atoms with Gasteiger partial charge in [-0.15, -0.1) is 11.7 Å². The van der Waals surface area contributed by atoms with E-state index in [9.17, 15) is 0 Å². The van der Waals surface area contributed by atoms with E-state index >= 15 is 0 Å². The summed E-state index contributed by atoms with van der Waals surface area (Å²) >= 11 is 0. The molecule has 0 spiro atoms. The minimum absolute atomic E-state index is 0.388. The molecule has 5 heteroatoms. The average molecular weight is 244 g/mol. The van der Waals surface area contributed by atoms with Crippen LogP contribution in [0.15, 0.2) is 49.3 Å². The summed E-state index contributed by atoms with van der Waals surface area (Å²) in [5, 5.41) is 7.37. The van der Waals surface area contributed by atoms with Gasteiger partial charge >= 0.3 is 6.01 Å². The maximum absolute atomic E-state index is 5.41. The summed E-state index contributed by atoms with van der Waals surface area (Å²) < 4.78 is 7.10. The number of hydrogen-bond donors (Lipinski definition) is 1. The number of benzene rings is 1. The number of hydrogen-bond acceptors (Lipinski definition) is 4. The molecule has 18 heavy (non-hydrogen) atoms. The molecule has 0 unspecified atom stereocenters. The summed E-state index contributed by atoms with van der Waals surface area (Å²) in [6, 6.07) is 10.2. The van der Waals surface area contributed by atoms with Gasteiger partial charge in [0.1, 0.15) is 12.9 Å². The highest BCUT2D eigenvalue weighted by molar-refractivity contribution is 5.29. The highest BCUT2D eigenvalue weighted by atomic mass is 16.5. The van der Waals surface area contributed by atoms with Crippen LogP contribution in [0.25, 0.3) is 5.69 Å². The third-order valence-corrected chi connectivity index (χ3v) is 2.29. The first kappa shape index (κ1) is 12.3. The van der Waals surface area contributed by atoms with Crippen molar-refractivity contribution in [3.8, 4) is 11.7 Å². The molecule has 5 nitrogen and oxygen atoms in total. The van der Waals surface area contributed by atoms with Crippen LogP contribution in [0.3, 0.4) is 0 Å². The quantitative estimate of drug-likeness (QED) is 0.591. The summed E-state index contributed by atoms with van der Waals surface area (Å²) in [4.78, 5) is 4.09. The van der Waals surface area contributed by atoms with Crippen molar-refractivity contribution < 1.29 is 4.74 Å². The summed E-state index contributed by atoms with van der Waals surface area (Å²) in [5.74, 6) is 0. The lowest BCUT2D eigenvalue weighted by Gasteiger charge is -2.02. The molecular weight excluding hydrogens is 228 g/mol. The highest BCUT2D eigenvalue weighted by Gasteiger charge is 2.02. The number of ether oxygens (including phenoxy) is 1. The Labute approximate surface area is 106 Å². The topological polar surface area (TPSA) is 52.0 Å². The maximum Gasteiger partial charge on any atom is 0.335 e. The monoisotopic (exact) mass is 244 g/mol. The van der Waals surface area contributed by atoms with Crippen molar-refractivity contribution in [2.75, 3.05) is 19.7 Å². The maximum atomic E-state index is 5.41. The third-order valence-electron chi connectivity index (χ3n) is 2.29. The zero-order valence-corrected chi connectivity index (χ0v) is 10.1. The molecule has 0 aliphatic heterocycles. The van der Waals surface area contributed by atoms with E-state index in [0.29, 0.717) is 12.6 Å². The zero-order chi connectivity index (χ0) is 12.6. The first-order chi connectivity index (χ1) is 8.90. The Hall–Kier alpha value is -2.14. The summed E-state index contributed by atoms with van der Waals surface area (Å²) in [6.07, 6.45) is 3.45. The van der Waals surface area contributed by atoms with Crippen LogP contribution in [0, 0.1) is 0 Å². The molecule has 1 N–H and O–H groups in total. The molecule has 1 aromatic carbocycles. The van der Waals surface area contributed by atoms with Gasteiger partial charge in [-0.1, -0.05) is 24.3 Å². The molecule has 0 amide bonds. The van der Waals surface area contributed by atoms with Crippen molar-refractivity contribution in [1.29, 1.82) is 0 Å². The van der Waals surface area contributed by atoms with Crippen molar-refractivity contribution in [2.45, 2.75) is 0 Å². The van der Waals surface area contributed by atoms with E-state index in [-0.39, 0.29) is 0 Å². The first-order valence-electron chi connectivity index (χ1n) is 5.81. The van der Waals surface area contributed by atoms with E-state index in [2.05, 4.69) is 22.0 Å². The van der Waals surface area contributed by atoms with Gasteiger partial charge in [-0.3, -0.25) is 0 Å². The van der Waals surface area contributed by atoms with Gasteiger partial charge in [0.2, 0.25) is 0 Å². The second-order valence-corrected chi connectivity index (χ2v) is 3.65. The van der Waals surface area contributed by atoms with Crippen LogP contribution < -0.4 is 10.1 Å². The fourth-order valence-corrected chi connectivity index (χ4v) is 1.44. The van der Waals surface area contributed by atoms with Gasteiger partial charge in [-0.2, -0.15) is 4.98 Å². The van der Waals surface area contributed by atoms with Crippen molar-refractivity contribution in [2.24, 2.45) is 0 Å². The number of nitrogens with zero attached hydrogens (tertiary/aromatic N) is 3. The molecule has 94 valence electrons. The Kier molecular flexibility index (Phi) is 4.49. The lowest BCUT2D eigenvalue weighted by atomic mass is 10.3. The molecule has 0 aliphatic carbocycles. The zero-order valence-electron chi connectivity index (χ0n) is 10.1. The van der Waals surface area contributed by atoms with Crippen molar-refractivity contribution >= 4 is 0 Å². The first-order valence-corrected chi connectivity index (χ1v) is 5.81. The molecule has 0 saturated carbocycles. The summed E-state index contributed by atoms with van der Waals surface area (Å²) in [7, 11) is 0. The fourth-order valence-electron chi connectivity index (χ4n) is 1.44. The van der Waals surface area contributed by atoms with Crippen molar-refractivity contribution in [3.05, 3.63) is 49.3 Å². The minimum atomic E-state index is 0.388. The predicted molar refractivity (Wildman–Crippen MR) is 69.9 cm³/mol. The van der Waals surface area contributed by atoms with Crippen molar-refractivity contribution in [3.63, 3.8) is 0 Å². The van der Waals surface area contributed by atoms with Gasteiger partial charge in [-0.05, 0) is 12.1 Å². The number of nitrogens with one attached hydrogen (secondary N) is 1. The summed E-state index contributed by atoms with van der Waals surface area (Å²) in [6.45, 7) is 5.67. The minimum Gasteiger partial charge on any atom is -0.461 e. The third kappa shape index (κ3) is 3.43. The van der Waals surface area contributed by atoms with Gasteiger partial charge in [0.15, 0.2) is 0 Å². The number of para-hydroxylation sites is 1. The molecule has 0 atom stereocenters. The van der Waals surface area contributed by atoms with Gasteiger partial charge in [0, 0.05) is 13.1 Å². The van der Waals surface area contributed by atoms with Crippen LogP contribution in [0.2, 0.25) is 0 Å². The van der Waals surface area contributed by atoms with Gasteiger partial charge in [0.05, 0.1) is 5.69 Å². The van der Waals surface area contributed by atoms with Crippen LogP contribution >= 0.6 is 0 Å².